The quantitative estimate of drug-likeness (QED) is 0.218. The maximum absolute atomic E-state index is 14.0. The monoisotopic (exact) mass is 629 g/mol. The summed E-state index contributed by atoms with van der Waals surface area (Å²) < 4.78 is 0. The highest BCUT2D eigenvalue weighted by Gasteiger charge is 2.57. The number of benzene rings is 2. The molecule has 1 aliphatic heterocycles. The van der Waals surface area contributed by atoms with Gasteiger partial charge in [-0.15, -0.1) is 0 Å². The van der Waals surface area contributed by atoms with Crippen LogP contribution in [-0.2, 0) is 22.6 Å². The van der Waals surface area contributed by atoms with E-state index < -0.39 is 24.2 Å². The molecule has 4 fully saturated rings. The van der Waals surface area contributed by atoms with Crippen LogP contribution in [0.2, 0.25) is 0 Å². The summed E-state index contributed by atoms with van der Waals surface area (Å²) in [6, 6.07) is 14.7. The molecule has 3 saturated carbocycles. The average molecular weight is 630 g/mol. The largest absolute Gasteiger partial charge is 0.394 e. The lowest BCUT2D eigenvalue weighted by Crippen LogP contribution is -2.62. The number of carbonyl (C=O) groups excluding carboxylic acids is 2. The lowest BCUT2D eigenvalue weighted by molar-refractivity contribution is -0.183. The lowest BCUT2D eigenvalue weighted by atomic mass is 9.45. The van der Waals surface area contributed by atoms with Crippen LogP contribution in [0.4, 0.5) is 0 Å². The molecule has 5 N–H and O–H groups in total. The van der Waals surface area contributed by atoms with Crippen LogP contribution in [0.3, 0.4) is 0 Å². The van der Waals surface area contributed by atoms with Gasteiger partial charge in [0, 0.05) is 42.4 Å². The number of nitrogens with zero attached hydrogens (tertiary/aromatic N) is 2. The van der Waals surface area contributed by atoms with Crippen molar-refractivity contribution in [1.82, 2.24) is 25.7 Å². The fourth-order valence-corrected chi connectivity index (χ4v) is 8.19. The van der Waals surface area contributed by atoms with E-state index in [9.17, 15) is 19.8 Å². The van der Waals surface area contributed by atoms with E-state index in [-0.39, 0.29) is 31.0 Å². The van der Waals surface area contributed by atoms with Gasteiger partial charge in [-0.1, -0.05) is 51.1 Å². The fraction of sp³-hybridized carbons (Fsp3) is 0.528. The van der Waals surface area contributed by atoms with Crippen molar-refractivity contribution in [2.45, 2.75) is 77.8 Å². The van der Waals surface area contributed by atoms with Crippen LogP contribution in [0.5, 0.6) is 0 Å². The number of aliphatic hydroxyl groups is 2. The first-order chi connectivity index (χ1) is 22.1. The van der Waals surface area contributed by atoms with Gasteiger partial charge in [0.2, 0.25) is 5.91 Å². The van der Waals surface area contributed by atoms with Gasteiger partial charge in [-0.2, -0.15) is 5.06 Å². The smallest absolute Gasteiger partial charge is 0.251 e. The number of hydrogen-bond acceptors (Lipinski definition) is 7. The Balaban J connectivity index is 1.16. The molecular formula is C36H47N5O5. The number of amides is 2. The van der Waals surface area contributed by atoms with Crippen molar-refractivity contribution < 1.29 is 24.6 Å². The molecule has 1 saturated heterocycles. The third-order valence-corrected chi connectivity index (χ3v) is 11.0. The zero-order chi connectivity index (χ0) is 32.6. The summed E-state index contributed by atoms with van der Waals surface area (Å²) in [6.45, 7) is 9.05. The first-order valence-corrected chi connectivity index (χ1v) is 16.5. The zero-order valence-electron chi connectivity index (χ0n) is 27.1. The molecule has 3 aromatic rings. The topological polar surface area (TPSA) is 140 Å². The molecule has 10 nitrogen and oxygen atoms in total. The first kappa shape index (κ1) is 32.4. The van der Waals surface area contributed by atoms with Crippen molar-refractivity contribution in [3.63, 3.8) is 0 Å². The van der Waals surface area contributed by atoms with Gasteiger partial charge in [0.05, 0.1) is 25.6 Å². The Hall–Kier alpha value is -3.57. The SMILES string of the molecule is C[C@@H]1[C@@H](NC(=O)[C@@H]2[C@H]([C@H](C)O)[C@H](CO)ON2Cc2cccc(-c3cccc(C(=O)NCCc4cnc[nH]4)c3)c2)C[C@@H]2C[C@H]1C2(C)C. The van der Waals surface area contributed by atoms with Crippen LogP contribution in [0, 0.1) is 29.1 Å². The summed E-state index contributed by atoms with van der Waals surface area (Å²) >= 11 is 0. The standard InChI is InChI=1S/C36H47N5O5/c1-21-29-15-27(36(29,3)4)16-30(21)40-35(45)33-32(22(2)43)31(19-42)46-41(33)18-23-7-5-8-24(13-23)25-9-6-10-26(14-25)34(44)38-12-11-28-17-37-20-39-28/h5-10,13-14,17,20-22,27,29-33,42-43H,11-12,15-16,18-19H2,1-4H3,(H,37,39)(H,38,44)(H,40,45)/t21-,22-,27-,29+,30-,31-,32+,33-/m0/s1. The van der Waals surface area contributed by atoms with Crippen LogP contribution in [0.25, 0.3) is 11.1 Å². The number of hydroxylamine groups is 2. The molecule has 0 spiro atoms. The van der Waals surface area contributed by atoms with Crippen LogP contribution < -0.4 is 10.6 Å². The molecule has 2 aromatic carbocycles. The molecule has 2 bridgehead atoms. The third kappa shape index (κ3) is 6.36. The van der Waals surface area contributed by atoms with Gasteiger partial charge in [-0.3, -0.25) is 14.4 Å². The lowest BCUT2D eigenvalue weighted by Gasteiger charge is -2.62. The summed E-state index contributed by atoms with van der Waals surface area (Å²) in [5, 5.41) is 28.9. The van der Waals surface area contributed by atoms with Gasteiger partial charge >= 0.3 is 0 Å². The molecule has 0 radical (unpaired) electrons. The molecule has 7 rings (SSSR count). The number of aromatic amines is 1. The Bertz CT molecular complexity index is 1520. The summed E-state index contributed by atoms with van der Waals surface area (Å²) in [4.78, 5) is 40.1. The second kappa shape index (κ2) is 13.3. The molecular weight excluding hydrogens is 582 g/mol. The number of hydrogen-bond donors (Lipinski definition) is 5. The second-order valence-electron chi connectivity index (χ2n) is 14.1. The minimum atomic E-state index is -0.853. The molecule has 10 heteroatoms. The van der Waals surface area contributed by atoms with E-state index in [1.54, 1.807) is 30.6 Å². The van der Waals surface area contributed by atoms with Crippen molar-refractivity contribution in [1.29, 1.82) is 0 Å². The second-order valence-corrected chi connectivity index (χ2v) is 14.1. The molecule has 1 aromatic heterocycles. The molecule has 2 heterocycles. The summed E-state index contributed by atoms with van der Waals surface area (Å²) in [6.07, 6.45) is 4.66. The minimum absolute atomic E-state index is 0.0761. The van der Waals surface area contributed by atoms with Crippen molar-refractivity contribution in [2.75, 3.05) is 13.2 Å². The molecule has 46 heavy (non-hydrogen) atoms. The van der Waals surface area contributed by atoms with Crippen LogP contribution in [-0.4, -0.2) is 74.5 Å². The molecule has 2 amide bonds. The number of carbonyl (C=O) groups is 2. The van der Waals surface area contributed by atoms with Crippen LogP contribution >= 0.6 is 0 Å². The van der Waals surface area contributed by atoms with Crippen molar-refractivity contribution in [3.05, 3.63) is 77.9 Å². The molecule has 4 aliphatic rings. The van der Waals surface area contributed by atoms with Gasteiger partial charge < -0.3 is 25.8 Å². The van der Waals surface area contributed by atoms with E-state index >= 15 is 0 Å². The highest BCUT2D eigenvalue weighted by atomic mass is 16.7. The van der Waals surface area contributed by atoms with Crippen molar-refractivity contribution >= 4 is 11.8 Å². The Morgan fingerprint density at radius 1 is 1.15 bits per heavy atom. The zero-order valence-corrected chi connectivity index (χ0v) is 27.1. The molecule has 0 unspecified atom stereocenters. The summed E-state index contributed by atoms with van der Waals surface area (Å²) in [5.41, 5.74) is 4.55. The molecule has 3 aliphatic carbocycles. The van der Waals surface area contributed by atoms with Gasteiger partial charge in [0.1, 0.15) is 12.1 Å². The van der Waals surface area contributed by atoms with Crippen LogP contribution in [0.15, 0.2) is 61.1 Å². The number of aliphatic hydroxyl groups excluding tert-OH is 2. The van der Waals surface area contributed by atoms with E-state index in [4.69, 9.17) is 4.84 Å². The Morgan fingerprint density at radius 3 is 2.59 bits per heavy atom. The normalized spacial score (nSPS) is 29.1. The Labute approximate surface area is 270 Å². The van der Waals surface area contributed by atoms with E-state index in [2.05, 4.69) is 41.4 Å². The van der Waals surface area contributed by atoms with Gasteiger partial charge in [0.25, 0.3) is 5.91 Å². The van der Waals surface area contributed by atoms with E-state index in [0.717, 1.165) is 28.8 Å². The number of H-pyrrole nitrogens is 1. The highest BCUT2D eigenvalue weighted by Crippen LogP contribution is 2.61. The minimum Gasteiger partial charge on any atom is -0.394 e. The van der Waals surface area contributed by atoms with E-state index in [1.807, 2.05) is 42.5 Å². The number of nitrogens with one attached hydrogen (secondary N) is 3. The van der Waals surface area contributed by atoms with E-state index in [0.29, 0.717) is 41.7 Å². The predicted octanol–water partition coefficient (Wildman–Crippen LogP) is 3.71. The number of imidazole rings is 1. The summed E-state index contributed by atoms with van der Waals surface area (Å²) in [5.74, 6) is 0.650. The predicted molar refractivity (Wildman–Crippen MR) is 174 cm³/mol. The van der Waals surface area contributed by atoms with Crippen molar-refractivity contribution in [2.24, 2.45) is 29.1 Å². The van der Waals surface area contributed by atoms with E-state index in [1.165, 1.54) is 6.42 Å². The Kier molecular flexibility index (Phi) is 9.34. The van der Waals surface area contributed by atoms with Gasteiger partial charge in [0.15, 0.2) is 0 Å². The summed E-state index contributed by atoms with van der Waals surface area (Å²) in [7, 11) is 0. The molecule has 246 valence electrons. The van der Waals surface area contributed by atoms with Crippen molar-refractivity contribution in [3.8, 4) is 11.1 Å². The Morgan fingerprint density at radius 2 is 1.91 bits per heavy atom. The maximum Gasteiger partial charge on any atom is 0.251 e. The fourth-order valence-electron chi connectivity index (χ4n) is 8.19. The highest BCUT2D eigenvalue weighted by molar-refractivity contribution is 5.95. The van der Waals surface area contributed by atoms with Gasteiger partial charge in [-0.05, 0) is 77.8 Å². The molecule has 8 atom stereocenters. The maximum atomic E-state index is 14.0. The average Bonchev–Trinajstić information content (AvgIpc) is 3.70. The number of aromatic nitrogens is 2. The number of rotatable bonds is 11. The van der Waals surface area contributed by atoms with Crippen LogP contribution in [0.1, 0.15) is 62.2 Å². The third-order valence-electron chi connectivity index (χ3n) is 11.0. The first-order valence-electron chi connectivity index (χ1n) is 16.5. The number of fused-ring (bicyclic) bond motifs is 2. The van der Waals surface area contributed by atoms with Gasteiger partial charge in [-0.25, -0.2) is 4.98 Å².